The standard InChI is InChI=1S/C14H12Cl3N3S/c1-8(15)13-19-11-6-9(16)7-18-14(11)20(13)5-4-10-2-3-12(17)21-10/h2-3,6-8H,4-5H2,1H3. The Morgan fingerprint density at radius 2 is 2.14 bits per heavy atom. The summed E-state index contributed by atoms with van der Waals surface area (Å²) in [7, 11) is 0. The van der Waals surface area contributed by atoms with Crippen LogP contribution in [0.1, 0.15) is 23.0 Å². The number of halogens is 3. The summed E-state index contributed by atoms with van der Waals surface area (Å²) in [6.07, 6.45) is 2.50. The molecule has 110 valence electrons. The first-order valence-corrected chi connectivity index (χ1v) is 8.45. The summed E-state index contributed by atoms with van der Waals surface area (Å²) < 4.78 is 2.85. The minimum atomic E-state index is -0.190. The molecule has 7 heteroatoms. The Kier molecular flexibility index (Phi) is 4.41. The molecule has 1 unspecified atom stereocenters. The Balaban J connectivity index is 1.97. The number of hydrogen-bond acceptors (Lipinski definition) is 3. The second kappa shape index (κ2) is 6.13. The number of rotatable bonds is 4. The highest BCUT2D eigenvalue weighted by molar-refractivity contribution is 7.16. The Hall–Kier alpha value is -0.810. The largest absolute Gasteiger partial charge is 0.311 e. The molecular formula is C14H12Cl3N3S. The molecule has 0 spiro atoms. The molecule has 0 amide bonds. The van der Waals surface area contributed by atoms with Gasteiger partial charge in [-0.2, -0.15) is 0 Å². The Morgan fingerprint density at radius 3 is 2.81 bits per heavy atom. The van der Waals surface area contributed by atoms with E-state index in [0.29, 0.717) is 5.02 Å². The first-order chi connectivity index (χ1) is 10.0. The Bertz CT molecular complexity index is 779. The minimum absolute atomic E-state index is 0.190. The number of pyridine rings is 1. The summed E-state index contributed by atoms with van der Waals surface area (Å²) in [5, 5.41) is 0.385. The first kappa shape index (κ1) is 15.1. The summed E-state index contributed by atoms with van der Waals surface area (Å²) in [5.74, 6) is 0.809. The Labute approximate surface area is 141 Å². The second-order valence-electron chi connectivity index (χ2n) is 4.69. The van der Waals surface area contributed by atoms with Gasteiger partial charge in [-0.3, -0.25) is 0 Å². The van der Waals surface area contributed by atoms with Gasteiger partial charge in [0.25, 0.3) is 0 Å². The molecule has 0 aromatic carbocycles. The molecule has 0 fully saturated rings. The highest BCUT2D eigenvalue weighted by Crippen LogP contribution is 2.27. The van der Waals surface area contributed by atoms with E-state index < -0.39 is 0 Å². The summed E-state index contributed by atoms with van der Waals surface area (Å²) in [6.45, 7) is 2.66. The van der Waals surface area contributed by atoms with Crippen molar-refractivity contribution >= 4 is 57.3 Å². The molecule has 0 aliphatic carbocycles. The fourth-order valence-electron chi connectivity index (χ4n) is 2.24. The van der Waals surface area contributed by atoms with Crippen molar-refractivity contribution in [2.24, 2.45) is 0 Å². The van der Waals surface area contributed by atoms with E-state index in [0.717, 1.165) is 34.3 Å². The van der Waals surface area contributed by atoms with Gasteiger partial charge in [0, 0.05) is 17.6 Å². The summed E-state index contributed by atoms with van der Waals surface area (Å²) in [5.41, 5.74) is 1.58. The van der Waals surface area contributed by atoms with Crippen molar-refractivity contribution in [1.82, 2.24) is 14.5 Å². The van der Waals surface area contributed by atoms with Crippen molar-refractivity contribution in [3.63, 3.8) is 0 Å². The molecular weight excluding hydrogens is 349 g/mol. The maximum atomic E-state index is 6.24. The number of alkyl halides is 1. The van der Waals surface area contributed by atoms with E-state index in [1.54, 1.807) is 17.5 Å². The van der Waals surface area contributed by atoms with Gasteiger partial charge in [-0.15, -0.1) is 22.9 Å². The molecule has 3 rings (SSSR count). The van der Waals surface area contributed by atoms with Crippen LogP contribution in [-0.4, -0.2) is 14.5 Å². The number of hydrogen-bond donors (Lipinski definition) is 0. The Morgan fingerprint density at radius 1 is 1.33 bits per heavy atom. The molecule has 0 bridgehead atoms. The van der Waals surface area contributed by atoms with Gasteiger partial charge in [-0.05, 0) is 31.5 Å². The molecule has 3 heterocycles. The molecule has 3 aromatic rings. The minimum Gasteiger partial charge on any atom is -0.311 e. The van der Waals surface area contributed by atoms with Gasteiger partial charge in [0.2, 0.25) is 0 Å². The predicted molar refractivity (Wildman–Crippen MR) is 89.8 cm³/mol. The lowest BCUT2D eigenvalue weighted by atomic mass is 10.3. The molecule has 0 saturated heterocycles. The maximum Gasteiger partial charge on any atom is 0.160 e. The van der Waals surface area contributed by atoms with Crippen LogP contribution in [-0.2, 0) is 13.0 Å². The average molecular weight is 361 g/mol. The van der Waals surface area contributed by atoms with E-state index in [1.165, 1.54) is 4.88 Å². The number of thiophene rings is 1. The van der Waals surface area contributed by atoms with Crippen LogP contribution < -0.4 is 0 Å². The fraction of sp³-hybridized carbons (Fsp3) is 0.286. The number of fused-ring (bicyclic) bond motifs is 1. The normalized spacial score (nSPS) is 13.0. The van der Waals surface area contributed by atoms with Crippen LogP contribution in [0.15, 0.2) is 24.4 Å². The molecule has 0 radical (unpaired) electrons. The first-order valence-electron chi connectivity index (χ1n) is 6.44. The lowest BCUT2D eigenvalue weighted by Crippen LogP contribution is -2.07. The van der Waals surface area contributed by atoms with E-state index in [4.69, 9.17) is 34.8 Å². The van der Waals surface area contributed by atoms with Crippen LogP contribution >= 0.6 is 46.1 Å². The highest BCUT2D eigenvalue weighted by Gasteiger charge is 2.16. The van der Waals surface area contributed by atoms with Crippen molar-refractivity contribution in [3.8, 4) is 0 Å². The third kappa shape index (κ3) is 3.19. The summed E-state index contributed by atoms with van der Waals surface area (Å²) in [4.78, 5) is 10.2. The highest BCUT2D eigenvalue weighted by atomic mass is 35.5. The maximum absolute atomic E-state index is 6.24. The zero-order valence-corrected chi connectivity index (χ0v) is 14.3. The topological polar surface area (TPSA) is 30.7 Å². The van der Waals surface area contributed by atoms with E-state index in [9.17, 15) is 0 Å². The quantitative estimate of drug-likeness (QED) is 0.588. The zero-order chi connectivity index (χ0) is 15.0. The van der Waals surface area contributed by atoms with Crippen molar-refractivity contribution < 1.29 is 0 Å². The third-order valence-corrected chi connectivity index (χ3v) is 4.84. The summed E-state index contributed by atoms with van der Waals surface area (Å²) in [6, 6.07) is 5.77. The van der Waals surface area contributed by atoms with Crippen LogP contribution in [0.25, 0.3) is 11.2 Å². The molecule has 3 nitrogen and oxygen atoms in total. The summed E-state index contributed by atoms with van der Waals surface area (Å²) >= 11 is 19.8. The number of nitrogens with zero attached hydrogens (tertiary/aromatic N) is 3. The molecule has 3 aromatic heterocycles. The molecule has 0 N–H and O–H groups in total. The van der Waals surface area contributed by atoms with Crippen molar-refractivity contribution in [3.05, 3.63) is 44.5 Å². The molecule has 21 heavy (non-hydrogen) atoms. The van der Waals surface area contributed by atoms with Crippen LogP contribution in [0.2, 0.25) is 9.36 Å². The van der Waals surface area contributed by atoms with Crippen LogP contribution in [0, 0.1) is 0 Å². The van der Waals surface area contributed by atoms with Crippen molar-refractivity contribution in [2.45, 2.75) is 25.3 Å². The lowest BCUT2D eigenvalue weighted by Gasteiger charge is -2.09. The molecule has 0 saturated carbocycles. The van der Waals surface area contributed by atoms with E-state index in [-0.39, 0.29) is 5.38 Å². The van der Waals surface area contributed by atoms with E-state index in [2.05, 4.69) is 14.5 Å². The zero-order valence-electron chi connectivity index (χ0n) is 11.2. The van der Waals surface area contributed by atoms with E-state index in [1.807, 2.05) is 25.1 Å². The average Bonchev–Trinajstić information content (AvgIpc) is 2.99. The van der Waals surface area contributed by atoms with Gasteiger partial charge < -0.3 is 4.57 Å². The van der Waals surface area contributed by atoms with Crippen LogP contribution in [0.4, 0.5) is 0 Å². The van der Waals surface area contributed by atoms with Gasteiger partial charge in [-0.25, -0.2) is 9.97 Å². The van der Waals surface area contributed by atoms with Crippen LogP contribution in [0.3, 0.4) is 0 Å². The number of aromatic nitrogens is 3. The van der Waals surface area contributed by atoms with Crippen molar-refractivity contribution in [2.75, 3.05) is 0 Å². The lowest BCUT2D eigenvalue weighted by molar-refractivity contribution is 0.667. The fourth-order valence-corrected chi connectivity index (χ4v) is 3.63. The number of imidazole rings is 1. The van der Waals surface area contributed by atoms with E-state index >= 15 is 0 Å². The molecule has 0 aliphatic heterocycles. The van der Waals surface area contributed by atoms with Crippen LogP contribution in [0.5, 0.6) is 0 Å². The smallest absolute Gasteiger partial charge is 0.160 e. The van der Waals surface area contributed by atoms with Gasteiger partial charge in [-0.1, -0.05) is 23.2 Å². The monoisotopic (exact) mass is 359 g/mol. The predicted octanol–water partition coefficient (Wildman–Crippen LogP) is 5.34. The van der Waals surface area contributed by atoms with Gasteiger partial charge in [0.15, 0.2) is 5.65 Å². The number of aryl methyl sites for hydroxylation is 2. The second-order valence-corrected chi connectivity index (χ2v) is 7.58. The van der Waals surface area contributed by atoms with Gasteiger partial charge in [0.1, 0.15) is 11.3 Å². The molecule has 0 aliphatic rings. The molecule has 1 atom stereocenters. The van der Waals surface area contributed by atoms with Crippen molar-refractivity contribution in [1.29, 1.82) is 0 Å². The third-order valence-electron chi connectivity index (χ3n) is 3.15. The van der Waals surface area contributed by atoms with Gasteiger partial charge >= 0.3 is 0 Å². The van der Waals surface area contributed by atoms with Gasteiger partial charge in [0.05, 0.1) is 14.7 Å². The SMILES string of the molecule is CC(Cl)c1nc2cc(Cl)cnc2n1CCc1ccc(Cl)s1.